The summed E-state index contributed by atoms with van der Waals surface area (Å²) in [5.74, 6) is 1.65. The van der Waals surface area contributed by atoms with Gasteiger partial charge in [0.15, 0.2) is 0 Å². The molecule has 0 spiro atoms. The number of halogens is 1. The van der Waals surface area contributed by atoms with Gasteiger partial charge in [0.25, 0.3) is 0 Å². The maximum Gasteiger partial charge on any atom is 0.222 e. The lowest BCUT2D eigenvalue weighted by atomic mass is 10.1. The number of carbonyl (C=O) groups is 1. The van der Waals surface area contributed by atoms with Crippen LogP contribution in [0.1, 0.15) is 32.0 Å². The van der Waals surface area contributed by atoms with Crippen LogP contribution >= 0.6 is 15.9 Å². The van der Waals surface area contributed by atoms with Crippen LogP contribution in [0, 0.1) is 5.92 Å². The summed E-state index contributed by atoms with van der Waals surface area (Å²) in [6.45, 7) is 5.57. The molecule has 2 N–H and O–H groups in total. The number of rotatable bonds is 3. The lowest BCUT2D eigenvalue weighted by Crippen LogP contribution is -2.28. The van der Waals surface area contributed by atoms with Crippen molar-refractivity contribution in [1.82, 2.24) is 9.97 Å². The van der Waals surface area contributed by atoms with E-state index in [0.29, 0.717) is 6.54 Å². The molecule has 2 rings (SSSR count). The van der Waals surface area contributed by atoms with Crippen LogP contribution in [0.4, 0.5) is 5.82 Å². The van der Waals surface area contributed by atoms with Crippen LogP contribution in [0.2, 0.25) is 0 Å². The van der Waals surface area contributed by atoms with E-state index in [9.17, 15) is 4.79 Å². The third kappa shape index (κ3) is 2.63. The predicted molar refractivity (Wildman–Crippen MR) is 73.3 cm³/mol. The Morgan fingerprint density at radius 1 is 1.61 bits per heavy atom. The average molecular weight is 313 g/mol. The Kier molecular flexibility index (Phi) is 3.85. The molecule has 6 heteroatoms. The summed E-state index contributed by atoms with van der Waals surface area (Å²) in [6, 6.07) is 0. The summed E-state index contributed by atoms with van der Waals surface area (Å²) < 4.78 is 0.858. The molecule has 2 heterocycles. The third-order valence-corrected chi connectivity index (χ3v) is 3.71. The zero-order chi connectivity index (χ0) is 13.3. The van der Waals surface area contributed by atoms with Gasteiger partial charge >= 0.3 is 0 Å². The highest BCUT2D eigenvalue weighted by atomic mass is 79.9. The van der Waals surface area contributed by atoms with Crippen LogP contribution in [0.3, 0.4) is 0 Å². The van der Waals surface area contributed by atoms with Gasteiger partial charge in [-0.05, 0) is 22.4 Å². The van der Waals surface area contributed by atoms with Crippen molar-refractivity contribution in [2.75, 3.05) is 18.0 Å². The number of hydrogen-bond acceptors (Lipinski definition) is 4. The quantitative estimate of drug-likeness (QED) is 0.921. The zero-order valence-electron chi connectivity index (χ0n) is 10.6. The predicted octanol–water partition coefficient (Wildman–Crippen LogP) is 1.67. The van der Waals surface area contributed by atoms with Crippen molar-refractivity contribution in [3.8, 4) is 0 Å². The first-order valence-electron chi connectivity index (χ1n) is 6.05. The summed E-state index contributed by atoms with van der Waals surface area (Å²) in [6.07, 6.45) is 2.57. The number of primary amides is 1. The fourth-order valence-electron chi connectivity index (χ4n) is 2.06. The second-order valence-electron chi connectivity index (χ2n) is 4.89. The molecule has 98 valence electrons. The Bertz CT molecular complexity index is 463. The van der Waals surface area contributed by atoms with Crippen molar-refractivity contribution in [3.05, 3.63) is 16.5 Å². The average Bonchev–Trinajstić information content (AvgIpc) is 2.78. The van der Waals surface area contributed by atoms with Crippen LogP contribution in [-0.4, -0.2) is 29.0 Å². The molecule has 1 unspecified atom stereocenters. The molecule has 1 atom stereocenters. The smallest absolute Gasteiger partial charge is 0.222 e. The van der Waals surface area contributed by atoms with E-state index in [-0.39, 0.29) is 17.7 Å². The Labute approximate surface area is 115 Å². The minimum atomic E-state index is -0.230. The molecule has 0 saturated carbocycles. The van der Waals surface area contributed by atoms with Gasteiger partial charge < -0.3 is 10.6 Å². The maximum atomic E-state index is 11.2. The number of hydrogen-bond donors (Lipinski definition) is 1. The van der Waals surface area contributed by atoms with Gasteiger partial charge in [-0.25, -0.2) is 9.97 Å². The van der Waals surface area contributed by atoms with Gasteiger partial charge in [-0.1, -0.05) is 13.8 Å². The highest BCUT2D eigenvalue weighted by Crippen LogP contribution is 2.29. The first-order valence-corrected chi connectivity index (χ1v) is 6.85. The van der Waals surface area contributed by atoms with E-state index in [0.717, 1.165) is 29.1 Å². The van der Waals surface area contributed by atoms with E-state index < -0.39 is 0 Å². The molecule has 1 amide bonds. The summed E-state index contributed by atoms with van der Waals surface area (Å²) in [7, 11) is 0. The van der Waals surface area contributed by atoms with Gasteiger partial charge in [-0.3, -0.25) is 4.79 Å². The van der Waals surface area contributed by atoms with Crippen LogP contribution in [0.15, 0.2) is 10.7 Å². The molecule has 5 nitrogen and oxygen atoms in total. The third-order valence-electron chi connectivity index (χ3n) is 3.15. The van der Waals surface area contributed by atoms with Gasteiger partial charge in [-0.2, -0.15) is 0 Å². The molecule has 1 aliphatic rings. The molecule has 0 radical (unpaired) electrons. The van der Waals surface area contributed by atoms with Crippen molar-refractivity contribution < 1.29 is 4.79 Å². The standard InChI is InChI=1S/C12H17BrN4O/c1-7(2)11-15-5-9(13)12(16-11)17-4-3-8(6-17)10(14)18/h5,7-8H,3-4,6H2,1-2H3,(H2,14,18). The summed E-state index contributed by atoms with van der Waals surface area (Å²) in [5.41, 5.74) is 5.34. The first kappa shape index (κ1) is 13.3. The number of anilines is 1. The van der Waals surface area contributed by atoms with E-state index in [1.807, 2.05) is 0 Å². The van der Waals surface area contributed by atoms with Crippen LogP contribution < -0.4 is 10.6 Å². The highest BCUT2D eigenvalue weighted by molar-refractivity contribution is 9.10. The van der Waals surface area contributed by atoms with Crippen molar-refractivity contribution in [3.63, 3.8) is 0 Å². The van der Waals surface area contributed by atoms with Gasteiger partial charge in [0.05, 0.1) is 10.4 Å². The van der Waals surface area contributed by atoms with Crippen LogP contribution in [-0.2, 0) is 4.79 Å². The van der Waals surface area contributed by atoms with Crippen molar-refractivity contribution in [2.24, 2.45) is 11.7 Å². The minimum absolute atomic E-state index is 0.0747. The highest BCUT2D eigenvalue weighted by Gasteiger charge is 2.28. The second kappa shape index (κ2) is 5.22. The number of aromatic nitrogens is 2. The fraction of sp³-hybridized carbons (Fsp3) is 0.583. The normalized spacial score (nSPS) is 19.6. The minimum Gasteiger partial charge on any atom is -0.369 e. The molecule has 1 saturated heterocycles. The molecule has 18 heavy (non-hydrogen) atoms. The Hall–Kier alpha value is -1.17. The largest absolute Gasteiger partial charge is 0.369 e. The van der Waals surface area contributed by atoms with Gasteiger partial charge in [0.2, 0.25) is 5.91 Å². The number of amides is 1. The summed E-state index contributed by atoms with van der Waals surface area (Å²) >= 11 is 3.46. The Morgan fingerprint density at radius 3 is 2.89 bits per heavy atom. The summed E-state index contributed by atoms with van der Waals surface area (Å²) in [4.78, 5) is 22.1. The van der Waals surface area contributed by atoms with E-state index in [1.54, 1.807) is 6.20 Å². The van der Waals surface area contributed by atoms with Gasteiger partial charge in [0, 0.05) is 25.2 Å². The van der Waals surface area contributed by atoms with Crippen molar-refractivity contribution >= 4 is 27.7 Å². The molecule has 1 aromatic rings. The monoisotopic (exact) mass is 312 g/mol. The first-order chi connectivity index (χ1) is 8.49. The molecular formula is C12H17BrN4O. The van der Waals surface area contributed by atoms with E-state index in [2.05, 4.69) is 44.6 Å². The number of nitrogens with two attached hydrogens (primary N) is 1. The molecule has 1 aliphatic heterocycles. The molecule has 0 aliphatic carbocycles. The Balaban J connectivity index is 2.23. The lowest BCUT2D eigenvalue weighted by molar-refractivity contribution is -0.121. The summed E-state index contributed by atoms with van der Waals surface area (Å²) in [5, 5.41) is 0. The van der Waals surface area contributed by atoms with Gasteiger partial charge in [-0.15, -0.1) is 0 Å². The fourth-order valence-corrected chi connectivity index (χ4v) is 2.50. The van der Waals surface area contributed by atoms with Crippen molar-refractivity contribution in [2.45, 2.75) is 26.2 Å². The lowest BCUT2D eigenvalue weighted by Gasteiger charge is -2.19. The number of nitrogens with zero attached hydrogens (tertiary/aromatic N) is 3. The second-order valence-corrected chi connectivity index (χ2v) is 5.74. The number of carbonyl (C=O) groups excluding carboxylic acids is 1. The molecule has 0 aromatic carbocycles. The van der Waals surface area contributed by atoms with E-state index in [4.69, 9.17) is 5.73 Å². The van der Waals surface area contributed by atoms with Crippen molar-refractivity contribution in [1.29, 1.82) is 0 Å². The zero-order valence-corrected chi connectivity index (χ0v) is 12.1. The Morgan fingerprint density at radius 2 is 2.33 bits per heavy atom. The molecule has 1 fully saturated rings. The molecular weight excluding hydrogens is 296 g/mol. The topological polar surface area (TPSA) is 72.1 Å². The molecule has 0 bridgehead atoms. The van der Waals surface area contributed by atoms with E-state index >= 15 is 0 Å². The molecule has 1 aromatic heterocycles. The van der Waals surface area contributed by atoms with Crippen LogP contribution in [0.25, 0.3) is 0 Å². The van der Waals surface area contributed by atoms with Gasteiger partial charge in [0.1, 0.15) is 11.6 Å². The maximum absolute atomic E-state index is 11.2. The SMILES string of the molecule is CC(C)c1ncc(Br)c(N2CCC(C(N)=O)C2)n1. The van der Waals surface area contributed by atoms with Crippen LogP contribution in [0.5, 0.6) is 0 Å². The van der Waals surface area contributed by atoms with E-state index in [1.165, 1.54) is 0 Å².